The third kappa shape index (κ3) is 3.58. The van der Waals surface area contributed by atoms with E-state index in [0.29, 0.717) is 6.42 Å². The summed E-state index contributed by atoms with van der Waals surface area (Å²) in [6.07, 6.45) is 0.0860. The van der Waals surface area contributed by atoms with Gasteiger partial charge in [0.05, 0.1) is 17.4 Å². The van der Waals surface area contributed by atoms with E-state index in [4.69, 9.17) is 0 Å². The molecule has 0 spiro atoms. The van der Waals surface area contributed by atoms with Crippen molar-refractivity contribution in [2.45, 2.75) is 31.1 Å². The molecular weight excluding hydrogens is 403 g/mol. The highest BCUT2D eigenvalue weighted by molar-refractivity contribution is 6.21. The minimum Gasteiger partial charge on any atom is -0.348 e. The second kappa shape index (κ2) is 7.39. The van der Waals surface area contributed by atoms with Gasteiger partial charge >= 0.3 is 12.2 Å². The molecule has 0 radical (unpaired) electrons. The van der Waals surface area contributed by atoms with Crippen molar-refractivity contribution in [2.75, 3.05) is 11.4 Å². The summed E-state index contributed by atoms with van der Waals surface area (Å²) in [5.41, 5.74) is -0.951. The third-order valence-corrected chi connectivity index (χ3v) is 5.11. The molecule has 11 heteroatoms. The molecule has 0 bridgehead atoms. The minimum absolute atomic E-state index is 0.124. The van der Waals surface area contributed by atoms with E-state index in [1.165, 1.54) is 29.6 Å². The molecule has 2 fully saturated rings. The number of halogens is 3. The molecule has 3 heterocycles. The number of amides is 4. The molecule has 2 unspecified atom stereocenters. The number of hydrogen-bond acceptors (Lipinski definition) is 5. The monoisotopic (exact) mass is 419 g/mol. The van der Waals surface area contributed by atoms with Gasteiger partial charge in [0, 0.05) is 25.0 Å². The molecule has 8 nitrogen and oxygen atoms in total. The minimum atomic E-state index is -4.59. The molecule has 2 atom stereocenters. The number of nitrogens with zero attached hydrogens (tertiary/aromatic N) is 4. The first-order valence-electron chi connectivity index (χ1n) is 9.14. The molecule has 2 aromatic rings. The molecule has 4 amide bonds. The number of rotatable bonds is 3. The highest BCUT2D eigenvalue weighted by Gasteiger charge is 2.49. The van der Waals surface area contributed by atoms with E-state index >= 15 is 0 Å². The maximum atomic E-state index is 13.0. The zero-order valence-electron chi connectivity index (χ0n) is 15.5. The summed E-state index contributed by atoms with van der Waals surface area (Å²) in [6.45, 7) is 0.191. The topological polar surface area (TPSA) is 95.5 Å². The van der Waals surface area contributed by atoms with E-state index in [2.05, 4.69) is 15.3 Å². The van der Waals surface area contributed by atoms with E-state index in [0.717, 1.165) is 23.1 Å². The van der Waals surface area contributed by atoms with Crippen LogP contribution >= 0.6 is 0 Å². The SMILES string of the molecule is O=C(NC1CCN2C(=O)N(c3cccc(C(F)(F)F)c3)C(=O)C2C1)c1cnccn1. The van der Waals surface area contributed by atoms with Gasteiger partial charge in [-0.2, -0.15) is 13.2 Å². The van der Waals surface area contributed by atoms with Gasteiger partial charge in [0.25, 0.3) is 11.8 Å². The van der Waals surface area contributed by atoms with Crippen molar-refractivity contribution in [3.8, 4) is 0 Å². The Kier molecular flexibility index (Phi) is 4.88. The smallest absolute Gasteiger partial charge is 0.348 e. The first-order chi connectivity index (χ1) is 14.3. The van der Waals surface area contributed by atoms with Crippen molar-refractivity contribution < 1.29 is 27.6 Å². The number of carbonyl (C=O) groups excluding carboxylic acids is 3. The van der Waals surface area contributed by atoms with Crippen molar-refractivity contribution in [3.05, 3.63) is 54.1 Å². The van der Waals surface area contributed by atoms with Crippen LogP contribution in [-0.2, 0) is 11.0 Å². The number of hydrogen-bond donors (Lipinski definition) is 1. The Hall–Kier alpha value is -3.50. The number of aromatic nitrogens is 2. The summed E-state index contributed by atoms with van der Waals surface area (Å²) in [6, 6.07) is 2.19. The van der Waals surface area contributed by atoms with Gasteiger partial charge in [-0.3, -0.25) is 14.6 Å². The van der Waals surface area contributed by atoms with Crippen LogP contribution in [0.2, 0.25) is 0 Å². The van der Waals surface area contributed by atoms with Crippen molar-refractivity contribution in [3.63, 3.8) is 0 Å². The molecule has 1 N–H and O–H groups in total. The Morgan fingerprint density at radius 2 is 2.00 bits per heavy atom. The summed E-state index contributed by atoms with van der Waals surface area (Å²) in [4.78, 5) is 47.7. The average molecular weight is 419 g/mol. The molecule has 2 saturated heterocycles. The first kappa shape index (κ1) is 19.8. The Morgan fingerprint density at radius 1 is 1.20 bits per heavy atom. The summed E-state index contributed by atoms with van der Waals surface area (Å²) in [7, 11) is 0. The highest BCUT2D eigenvalue weighted by atomic mass is 19.4. The fraction of sp³-hybridized carbons (Fsp3) is 0.316. The number of nitrogens with one attached hydrogen (secondary N) is 1. The van der Waals surface area contributed by atoms with Crippen LogP contribution in [0.15, 0.2) is 42.9 Å². The largest absolute Gasteiger partial charge is 0.416 e. The van der Waals surface area contributed by atoms with Gasteiger partial charge in [-0.25, -0.2) is 14.7 Å². The fourth-order valence-electron chi connectivity index (χ4n) is 3.67. The number of anilines is 1. The van der Waals surface area contributed by atoms with E-state index in [9.17, 15) is 27.6 Å². The lowest BCUT2D eigenvalue weighted by Gasteiger charge is -2.32. The molecule has 4 rings (SSSR count). The number of imide groups is 1. The second-order valence-corrected chi connectivity index (χ2v) is 7.00. The number of carbonyl (C=O) groups is 3. The molecular formula is C19H16F3N5O3. The van der Waals surface area contributed by atoms with Crippen LogP contribution in [0.25, 0.3) is 0 Å². The average Bonchev–Trinajstić information content (AvgIpc) is 2.98. The molecule has 2 aliphatic rings. The van der Waals surface area contributed by atoms with Crippen LogP contribution in [0.1, 0.15) is 28.9 Å². The Balaban J connectivity index is 1.51. The predicted molar refractivity (Wildman–Crippen MR) is 97.3 cm³/mol. The van der Waals surface area contributed by atoms with Gasteiger partial charge < -0.3 is 10.2 Å². The molecule has 0 saturated carbocycles. The number of alkyl halides is 3. The summed E-state index contributed by atoms with van der Waals surface area (Å²) in [5, 5.41) is 2.77. The summed E-state index contributed by atoms with van der Waals surface area (Å²) in [5.74, 6) is -1.06. The van der Waals surface area contributed by atoms with Crippen molar-refractivity contribution in [1.29, 1.82) is 0 Å². The zero-order valence-corrected chi connectivity index (χ0v) is 15.5. The van der Waals surface area contributed by atoms with Crippen LogP contribution in [-0.4, -0.2) is 51.3 Å². The molecule has 156 valence electrons. The van der Waals surface area contributed by atoms with Crippen LogP contribution in [0, 0.1) is 0 Å². The number of urea groups is 1. The second-order valence-electron chi connectivity index (χ2n) is 7.00. The van der Waals surface area contributed by atoms with Crippen LogP contribution < -0.4 is 10.2 Å². The number of benzene rings is 1. The predicted octanol–water partition coefficient (Wildman–Crippen LogP) is 2.23. The highest BCUT2D eigenvalue weighted by Crippen LogP contribution is 2.35. The van der Waals surface area contributed by atoms with Gasteiger partial charge in [0.2, 0.25) is 0 Å². The molecule has 30 heavy (non-hydrogen) atoms. The summed E-state index contributed by atoms with van der Waals surface area (Å²) >= 11 is 0. The first-order valence-corrected chi connectivity index (χ1v) is 9.14. The maximum Gasteiger partial charge on any atom is 0.416 e. The quantitative estimate of drug-likeness (QED) is 0.770. The zero-order chi connectivity index (χ0) is 21.5. The normalized spacial score (nSPS) is 21.6. The van der Waals surface area contributed by atoms with E-state index < -0.39 is 35.6 Å². The number of fused-ring (bicyclic) bond motifs is 1. The van der Waals surface area contributed by atoms with Gasteiger partial charge in [-0.05, 0) is 31.0 Å². The van der Waals surface area contributed by atoms with Crippen LogP contribution in [0.5, 0.6) is 0 Å². The van der Waals surface area contributed by atoms with Gasteiger partial charge in [0.1, 0.15) is 11.7 Å². The molecule has 1 aromatic heterocycles. The molecule has 2 aliphatic heterocycles. The standard InChI is InChI=1S/C19H16F3N5O3/c20-19(21,22)11-2-1-3-13(8-11)27-17(29)15-9-12(4-7-26(15)18(27)30)25-16(28)14-10-23-5-6-24-14/h1-3,5-6,8,10,12,15H,4,7,9H2,(H,25,28). The maximum absolute atomic E-state index is 13.0. The van der Waals surface area contributed by atoms with E-state index in [1.807, 2.05) is 0 Å². The van der Waals surface area contributed by atoms with Crippen molar-refractivity contribution in [1.82, 2.24) is 20.2 Å². The lowest BCUT2D eigenvalue weighted by atomic mass is 9.98. The Labute approximate surface area is 168 Å². The number of piperidine rings is 1. The van der Waals surface area contributed by atoms with Crippen LogP contribution in [0.4, 0.5) is 23.7 Å². The van der Waals surface area contributed by atoms with Gasteiger partial charge in [-0.15, -0.1) is 0 Å². The summed E-state index contributed by atoms with van der Waals surface area (Å²) < 4.78 is 39.0. The van der Waals surface area contributed by atoms with E-state index in [1.54, 1.807) is 0 Å². The Bertz CT molecular complexity index is 998. The van der Waals surface area contributed by atoms with Crippen molar-refractivity contribution in [2.24, 2.45) is 0 Å². The lowest BCUT2D eigenvalue weighted by Crippen LogP contribution is -2.49. The van der Waals surface area contributed by atoms with Gasteiger partial charge in [0.15, 0.2) is 0 Å². The van der Waals surface area contributed by atoms with Gasteiger partial charge in [-0.1, -0.05) is 6.07 Å². The molecule has 1 aromatic carbocycles. The van der Waals surface area contributed by atoms with Crippen LogP contribution in [0.3, 0.4) is 0 Å². The van der Waals surface area contributed by atoms with E-state index in [-0.39, 0.29) is 30.4 Å². The lowest BCUT2D eigenvalue weighted by molar-refractivity contribution is -0.137. The Morgan fingerprint density at radius 3 is 2.70 bits per heavy atom. The third-order valence-electron chi connectivity index (χ3n) is 5.11. The van der Waals surface area contributed by atoms with Crippen molar-refractivity contribution >= 4 is 23.5 Å². The fourth-order valence-corrected chi connectivity index (χ4v) is 3.67. The molecule has 0 aliphatic carbocycles.